The number of furan rings is 1. The van der Waals surface area contributed by atoms with Gasteiger partial charge in [0.15, 0.2) is 11.3 Å². The highest BCUT2D eigenvalue weighted by atomic mass is 16.5. The highest BCUT2D eigenvalue weighted by molar-refractivity contribution is 5.83. The molecule has 1 aliphatic rings. The van der Waals surface area contributed by atoms with Gasteiger partial charge in [-0.15, -0.1) is 0 Å². The topological polar surface area (TPSA) is 37.6 Å². The normalized spacial score (nSPS) is 17.4. The summed E-state index contributed by atoms with van der Waals surface area (Å²) in [4.78, 5) is 2.55. The third-order valence-electron chi connectivity index (χ3n) is 4.28. The number of methoxy groups -OCH3 is 1. The molecule has 1 atom stereocenters. The van der Waals surface area contributed by atoms with Crippen LogP contribution < -0.4 is 10.1 Å². The fourth-order valence-electron chi connectivity index (χ4n) is 3.05. The monoisotopic (exact) mass is 288 g/mol. The van der Waals surface area contributed by atoms with Crippen LogP contribution in [-0.4, -0.2) is 37.7 Å². The van der Waals surface area contributed by atoms with Crippen LogP contribution in [0.3, 0.4) is 0 Å². The molecule has 1 unspecified atom stereocenters. The zero-order valence-corrected chi connectivity index (χ0v) is 12.9. The molecule has 1 aliphatic heterocycles. The third-order valence-corrected chi connectivity index (χ3v) is 4.28. The summed E-state index contributed by atoms with van der Waals surface area (Å²) in [5.41, 5.74) is 0.837. The van der Waals surface area contributed by atoms with Crippen molar-refractivity contribution in [3.8, 4) is 5.75 Å². The fraction of sp³-hybridized carbons (Fsp3) is 0.529. The molecule has 2 heterocycles. The van der Waals surface area contributed by atoms with Crippen molar-refractivity contribution in [3.63, 3.8) is 0 Å². The van der Waals surface area contributed by atoms with Gasteiger partial charge in [0.2, 0.25) is 0 Å². The number of hydrogen-bond donors (Lipinski definition) is 1. The van der Waals surface area contributed by atoms with E-state index in [1.54, 1.807) is 7.11 Å². The Kier molecular flexibility index (Phi) is 4.46. The largest absolute Gasteiger partial charge is 0.493 e. The lowest BCUT2D eigenvalue weighted by Gasteiger charge is -2.23. The van der Waals surface area contributed by atoms with Crippen LogP contribution >= 0.6 is 0 Å². The minimum atomic E-state index is 0.589. The molecule has 3 rings (SSSR count). The van der Waals surface area contributed by atoms with Crippen molar-refractivity contribution in [2.75, 3.05) is 26.7 Å². The standard InChI is InChI=1S/C17H24N2O2/c1-13(19-8-3-4-9-19)11-18-12-15-10-14-6-5-7-16(20-2)17(14)21-15/h5-7,10,13,18H,3-4,8-9,11-12H2,1-2H3. The van der Waals surface area contributed by atoms with Gasteiger partial charge in [-0.3, -0.25) is 4.90 Å². The molecule has 1 aromatic carbocycles. The van der Waals surface area contributed by atoms with Gasteiger partial charge in [0.1, 0.15) is 5.76 Å². The van der Waals surface area contributed by atoms with Gasteiger partial charge in [-0.2, -0.15) is 0 Å². The number of nitrogens with zero attached hydrogens (tertiary/aromatic N) is 1. The Balaban J connectivity index is 1.58. The summed E-state index contributed by atoms with van der Waals surface area (Å²) in [6.07, 6.45) is 2.68. The Morgan fingerprint density at radius 3 is 2.90 bits per heavy atom. The lowest BCUT2D eigenvalue weighted by atomic mass is 10.2. The highest BCUT2D eigenvalue weighted by Gasteiger charge is 2.17. The lowest BCUT2D eigenvalue weighted by Crippen LogP contribution is -2.38. The first-order valence-electron chi connectivity index (χ1n) is 7.78. The molecule has 1 aromatic heterocycles. The molecule has 4 heteroatoms. The van der Waals surface area contributed by atoms with Gasteiger partial charge in [-0.1, -0.05) is 12.1 Å². The van der Waals surface area contributed by atoms with Crippen LogP contribution in [0.4, 0.5) is 0 Å². The SMILES string of the molecule is COc1cccc2cc(CNCC(C)N3CCCC3)oc12. The number of likely N-dealkylation sites (tertiary alicyclic amines) is 1. The maximum atomic E-state index is 5.90. The number of benzene rings is 1. The van der Waals surface area contributed by atoms with E-state index < -0.39 is 0 Å². The van der Waals surface area contributed by atoms with Gasteiger partial charge < -0.3 is 14.5 Å². The van der Waals surface area contributed by atoms with E-state index in [0.717, 1.165) is 35.6 Å². The predicted octanol–water partition coefficient (Wildman–Crippen LogP) is 3.02. The van der Waals surface area contributed by atoms with Gasteiger partial charge in [0.25, 0.3) is 0 Å². The van der Waals surface area contributed by atoms with E-state index in [0.29, 0.717) is 6.04 Å². The minimum absolute atomic E-state index is 0.589. The van der Waals surface area contributed by atoms with Crippen molar-refractivity contribution in [2.45, 2.75) is 32.4 Å². The van der Waals surface area contributed by atoms with Gasteiger partial charge in [-0.05, 0) is 45.0 Å². The van der Waals surface area contributed by atoms with Gasteiger partial charge >= 0.3 is 0 Å². The number of para-hydroxylation sites is 1. The molecule has 0 amide bonds. The Hall–Kier alpha value is -1.52. The number of fused-ring (bicyclic) bond motifs is 1. The fourth-order valence-corrected chi connectivity index (χ4v) is 3.05. The third kappa shape index (κ3) is 3.22. The van der Waals surface area contributed by atoms with Crippen LogP contribution in [0.15, 0.2) is 28.7 Å². The molecule has 0 radical (unpaired) electrons. The van der Waals surface area contributed by atoms with Crippen molar-refractivity contribution in [3.05, 3.63) is 30.0 Å². The van der Waals surface area contributed by atoms with Crippen molar-refractivity contribution >= 4 is 11.0 Å². The molecule has 0 bridgehead atoms. The van der Waals surface area contributed by atoms with E-state index in [1.165, 1.54) is 25.9 Å². The summed E-state index contributed by atoms with van der Waals surface area (Å²) in [6.45, 7) is 6.53. The molecule has 4 nitrogen and oxygen atoms in total. The predicted molar refractivity (Wildman–Crippen MR) is 84.7 cm³/mol. The number of rotatable bonds is 6. The van der Waals surface area contributed by atoms with Crippen LogP contribution in [0.25, 0.3) is 11.0 Å². The first kappa shape index (κ1) is 14.4. The van der Waals surface area contributed by atoms with Crippen molar-refractivity contribution in [1.82, 2.24) is 10.2 Å². The van der Waals surface area contributed by atoms with Crippen molar-refractivity contribution in [1.29, 1.82) is 0 Å². The van der Waals surface area contributed by atoms with E-state index in [4.69, 9.17) is 9.15 Å². The van der Waals surface area contributed by atoms with E-state index in [1.807, 2.05) is 12.1 Å². The Morgan fingerprint density at radius 1 is 1.33 bits per heavy atom. The molecule has 0 saturated carbocycles. The molecular formula is C17H24N2O2. The second kappa shape index (κ2) is 6.50. The molecule has 114 valence electrons. The van der Waals surface area contributed by atoms with Crippen LogP contribution in [-0.2, 0) is 6.54 Å². The molecule has 2 aromatic rings. The average Bonchev–Trinajstić information content (AvgIpc) is 3.15. The van der Waals surface area contributed by atoms with Crippen LogP contribution in [0.5, 0.6) is 5.75 Å². The summed E-state index contributed by atoms with van der Waals surface area (Å²) in [7, 11) is 1.67. The number of hydrogen-bond acceptors (Lipinski definition) is 4. The second-order valence-corrected chi connectivity index (χ2v) is 5.81. The molecule has 1 N–H and O–H groups in total. The molecule has 1 saturated heterocycles. The first-order valence-corrected chi connectivity index (χ1v) is 7.78. The van der Waals surface area contributed by atoms with Crippen LogP contribution in [0.2, 0.25) is 0 Å². The summed E-state index contributed by atoms with van der Waals surface area (Å²) in [5, 5.41) is 4.60. The van der Waals surface area contributed by atoms with Gasteiger partial charge in [-0.25, -0.2) is 0 Å². The van der Waals surface area contributed by atoms with Crippen molar-refractivity contribution < 1.29 is 9.15 Å². The van der Waals surface area contributed by atoms with Crippen LogP contribution in [0.1, 0.15) is 25.5 Å². The molecule has 0 aliphatic carbocycles. The average molecular weight is 288 g/mol. The molecule has 21 heavy (non-hydrogen) atoms. The number of ether oxygens (including phenoxy) is 1. The van der Waals surface area contributed by atoms with Gasteiger partial charge in [0.05, 0.1) is 13.7 Å². The maximum Gasteiger partial charge on any atom is 0.176 e. The second-order valence-electron chi connectivity index (χ2n) is 5.81. The molecule has 1 fully saturated rings. The molecule has 0 spiro atoms. The Bertz CT molecular complexity index is 587. The quantitative estimate of drug-likeness (QED) is 0.886. The van der Waals surface area contributed by atoms with E-state index in [-0.39, 0.29) is 0 Å². The van der Waals surface area contributed by atoms with E-state index in [9.17, 15) is 0 Å². The zero-order chi connectivity index (χ0) is 14.7. The summed E-state index contributed by atoms with van der Waals surface area (Å²) >= 11 is 0. The van der Waals surface area contributed by atoms with Gasteiger partial charge in [0, 0.05) is 18.0 Å². The smallest absolute Gasteiger partial charge is 0.176 e. The van der Waals surface area contributed by atoms with Crippen molar-refractivity contribution in [2.24, 2.45) is 0 Å². The first-order chi connectivity index (χ1) is 10.3. The summed E-state index contributed by atoms with van der Waals surface area (Å²) < 4.78 is 11.2. The minimum Gasteiger partial charge on any atom is -0.493 e. The maximum absolute atomic E-state index is 5.90. The van der Waals surface area contributed by atoms with E-state index >= 15 is 0 Å². The summed E-state index contributed by atoms with van der Waals surface area (Å²) in [6, 6.07) is 8.65. The highest BCUT2D eigenvalue weighted by Crippen LogP contribution is 2.28. The van der Waals surface area contributed by atoms with Crippen LogP contribution in [0, 0.1) is 0 Å². The Labute approximate surface area is 126 Å². The zero-order valence-electron chi connectivity index (χ0n) is 12.9. The molecular weight excluding hydrogens is 264 g/mol. The summed E-state index contributed by atoms with van der Waals surface area (Å²) in [5.74, 6) is 1.76. The lowest BCUT2D eigenvalue weighted by molar-refractivity contribution is 0.250. The Morgan fingerprint density at radius 2 is 2.14 bits per heavy atom. The number of nitrogens with one attached hydrogen (secondary N) is 1. The van der Waals surface area contributed by atoms with E-state index in [2.05, 4.69) is 29.3 Å².